The first-order valence-electron chi connectivity index (χ1n) is 5.16. The smallest absolute Gasteiger partial charge is 0.103 e. The van der Waals surface area contributed by atoms with E-state index in [2.05, 4.69) is 35.7 Å². The predicted molar refractivity (Wildman–Crippen MR) is 66.0 cm³/mol. The van der Waals surface area contributed by atoms with Crippen molar-refractivity contribution in [3.05, 3.63) is 54.6 Å². The van der Waals surface area contributed by atoms with Gasteiger partial charge in [-0.05, 0) is 23.3 Å². The highest BCUT2D eigenvalue weighted by atomic mass is 14.9. The van der Waals surface area contributed by atoms with Gasteiger partial charge in [-0.15, -0.1) is 0 Å². The topological polar surface area (TPSA) is 35.8 Å². The summed E-state index contributed by atoms with van der Waals surface area (Å²) in [5.74, 6) is 0. The molecule has 0 fully saturated rings. The molecule has 0 saturated carbocycles. The Morgan fingerprint density at radius 3 is 2.12 bits per heavy atom. The van der Waals surface area contributed by atoms with E-state index in [9.17, 15) is 0 Å². The average Bonchev–Trinajstić information content (AvgIpc) is 2.38. The zero-order valence-corrected chi connectivity index (χ0v) is 8.85. The fourth-order valence-electron chi connectivity index (χ4n) is 1.55. The van der Waals surface area contributed by atoms with E-state index in [0.29, 0.717) is 6.54 Å². The Bertz CT molecular complexity index is 480. The van der Waals surface area contributed by atoms with Gasteiger partial charge in [-0.25, -0.2) is 0 Å². The van der Waals surface area contributed by atoms with Gasteiger partial charge in [0.1, 0.15) is 6.54 Å². The summed E-state index contributed by atoms with van der Waals surface area (Å²) in [5, 5.41) is 11.5. The summed E-state index contributed by atoms with van der Waals surface area (Å²) < 4.78 is 0. The Hall–Kier alpha value is -2.27. The molecule has 16 heavy (non-hydrogen) atoms. The van der Waals surface area contributed by atoms with Crippen LogP contribution in [0.3, 0.4) is 0 Å². The molecule has 0 aromatic heterocycles. The van der Waals surface area contributed by atoms with Gasteiger partial charge in [-0.3, -0.25) is 0 Å². The molecule has 0 atom stereocenters. The molecule has 0 heterocycles. The minimum atomic E-state index is 0.338. The maximum Gasteiger partial charge on any atom is 0.103 e. The molecule has 0 spiro atoms. The summed E-state index contributed by atoms with van der Waals surface area (Å²) in [6, 6.07) is 20.3. The van der Waals surface area contributed by atoms with Crippen molar-refractivity contribution in [1.82, 2.24) is 0 Å². The van der Waals surface area contributed by atoms with E-state index in [1.807, 2.05) is 30.3 Å². The molecule has 2 rings (SSSR count). The van der Waals surface area contributed by atoms with Gasteiger partial charge in [0.2, 0.25) is 0 Å². The molecule has 2 aromatic carbocycles. The molecule has 0 aliphatic heterocycles. The van der Waals surface area contributed by atoms with Gasteiger partial charge < -0.3 is 5.32 Å². The van der Waals surface area contributed by atoms with Crippen LogP contribution in [0, 0.1) is 11.3 Å². The van der Waals surface area contributed by atoms with Crippen molar-refractivity contribution in [3.63, 3.8) is 0 Å². The number of benzene rings is 2. The van der Waals surface area contributed by atoms with E-state index < -0.39 is 0 Å². The van der Waals surface area contributed by atoms with Crippen molar-refractivity contribution in [1.29, 1.82) is 5.26 Å². The van der Waals surface area contributed by atoms with Crippen LogP contribution in [-0.2, 0) is 0 Å². The fourth-order valence-corrected chi connectivity index (χ4v) is 1.55. The van der Waals surface area contributed by atoms with Gasteiger partial charge in [0, 0.05) is 5.69 Å². The summed E-state index contributed by atoms with van der Waals surface area (Å²) in [5.41, 5.74) is 3.36. The van der Waals surface area contributed by atoms with Gasteiger partial charge >= 0.3 is 0 Å². The van der Waals surface area contributed by atoms with Crippen LogP contribution in [0.15, 0.2) is 54.6 Å². The number of nitrogens with zero attached hydrogens (tertiary/aromatic N) is 1. The largest absolute Gasteiger partial charge is 0.372 e. The van der Waals surface area contributed by atoms with Gasteiger partial charge in [-0.2, -0.15) is 5.26 Å². The molecular formula is C14H12N2. The quantitative estimate of drug-likeness (QED) is 0.785. The molecule has 0 aliphatic rings. The molecular weight excluding hydrogens is 196 g/mol. The Labute approximate surface area is 95.2 Å². The minimum absolute atomic E-state index is 0.338. The Kier molecular flexibility index (Phi) is 3.20. The normalized spacial score (nSPS) is 9.44. The standard InChI is InChI=1S/C14H12N2/c15-10-11-16-14-8-6-13(7-9-14)12-4-2-1-3-5-12/h1-9,16H,11H2. The van der Waals surface area contributed by atoms with Gasteiger partial charge in [0.25, 0.3) is 0 Å². The van der Waals surface area contributed by atoms with Crippen molar-refractivity contribution < 1.29 is 0 Å². The van der Waals surface area contributed by atoms with Gasteiger partial charge in [-0.1, -0.05) is 42.5 Å². The molecule has 78 valence electrons. The number of anilines is 1. The van der Waals surface area contributed by atoms with Gasteiger partial charge in [0.05, 0.1) is 6.07 Å². The third-order valence-corrected chi connectivity index (χ3v) is 2.36. The van der Waals surface area contributed by atoms with Gasteiger partial charge in [0.15, 0.2) is 0 Å². The number of rotatable bonds is 3. The number of nitrogens with one attached hydrogen (secondary N) is 1. The maximum absolute atomic E-state index is 8.45. The molecule has 2 heteroatoms. The highest BCUT2D eigenvalue weighted by molar-refractivity contribution is 5.65. The molecule has 0 aliphatic carbocycles. The SMILES string of the molecule is N#CCNc1ccc(-c2ccccc2)cc1. The van der Waals surface area contributed by atoms with Crippen LogP contribution in [0.1, 0.15) is 0 Å². The van der Waals surface area contributed by atoms with E-state index in [0.717, 1.165) is 5.69 Å². The van der Waals surface area contributed by atoms with Crippen LogP contribution in [-0.4, -0.2) is 6.54 Å². The maximum atomic E-state index is 8.45. The van der Waals surface area contributed by atoms with E-state index in [1.165, 1.54) is 11.1 Å². The lowest BCUT2D eigenvalue weighted by molar-refractivity contribution is 1.32. The van der Waals surface area contributed by atoms with E-state index in [4.69, 9.17) is 5.26 Å². The van der Waals surface area contributed by atoms with E-state index in [1.54, 1.807) is 0 Å². The Morgan fingerprint density at radius 2 is 1.50 bits per heavy atom. The second-order valence-electron chi connectivity index (χ2n) is 3.46. The van der Waals surface area contributed by atoms with Crippen LogP contribution < -0.4 is 5.32 Å². The second kappa shape index (κ2) is 4.99. The third-order valence-electron chi connectivity index (χ3n) is 2.36. The summed E-state index contributed by atoms with van der Waals surface area (Å²) >= 11 is 0. The second-order valence-corrected chi connectivity index (χ2v) is 3.46. The number of nitriles is 1. The lowest BCUT2D eigenvalue weighted by Crippen LogP contribution is -1.97. The fraction of sp³-hybridized carbons (Fsp3) is 0.0714. The number of hydrogen-bond acceptors (Lipinski definition) is 2. The highest BCUT2D eigenvalue weighted by Crippen LogP contribution is 2.20. The molecule has 0 amide bonds. The average molecular weight is 208 g/mol. The van der Waals surface area contributed by atoms with Crippen molar-refractivity contribution in [2.75, 3.05) is 11.9 Å². The monoisotopic (exact) mass is 208 g/mol. The molecule has 0 bridgehead atoms. The lowest BCUT2D eigenvalue weighted by atomic mass is 10.1. The molecule has 0 saturated heterocycles. The molecule has 0 radical (unpaired) electrons. The van der Waals surface area contributed by atoms with Crippen LogP contribution in [0.25, 0.3) is 11.1 Å². The summed E-state index contributed by atoms with van der Waals surface area (Å²) in [6.07, 6.45) is 0. The Morgan fingerprint density at radius 1 is 0.875 bits per heavy atom. The molecule has 0 unspecified atom stereocenters. The first kappa shape index (κ1) is 10.3. The van der Waals surface area contributed by atoms with Crippen LogP contribution >= 0.6 is 0 Å². The van der Waals surface area contributed by atoms with Crippen LogP contribution in [0.5, 0.6) is 0 Å². The lowest BCUT2D eigenvalue weighted by Gasteiger charge is -2.04. The zero-order chi connectivity index (χ0) is 11.2. The molecule has 2 nitrogen and oxygen atoms in total. The van der Waals surface area contributed by atoms with Crippen molar-refractivity contribution in [3.8, 4) is 17.2 Å². The van der Waals surface area contributed by atoms with Crippen LogP contribution in [0.2, 0.25) is 0 Å². The van der Waals surface area contributed by atoms with E-state index >= 15 is 0 Å². The molecule has 1 N–H and O–H groups in total. The number of hydrogen-bond donors (Lipinski definition) is 1. The van der Waals surface area contributed by atoms with Crippen molar-refractivity contribution in [2.24, 2.45) is 0 Å². The minimum Gasteiger partial charge on any atom is -0.372 e. The summed E-state index contributed by atoms with van der Waals surface area (Å²) in [4.78, 5) is 0. The third kappa shape index (κ3) is 2.40. The van der Waals surface area contributed by atoms with Crippen molar-refractivity contribution in [2.45, 2.75) is 0 Å². The molecule has 2 aromatic rings. The summed E-state index contributed by atoms with van der Waals surface area (Å²) in [6.45, 7) is 0.338. The first-order chi connectivity index (χ1) is 7.90. The Balaban J connectivity index is 2.17. The summed E-state index contributed by atoms with van der Waals surface area (Å²) in [7, 11) is 0. The predicted octanol–water partition coefficient (Wildman–Crippen LogP) is 3.29. The van der Waals surface area contributed by atoms with Crippen LogP contribution in [0.4, 0.5) is 5.69 Å². The van der Waals surface area contributed by atoms with Crippen molar-refractivity contribution >= 4 is 5.69 Å². The highest BCUT2D eigenvalue weighted by Gasteiger charge is 1.96. The van der Waals surface area contributed by atoms with E-state index in [-0.39, 0.29) is 0 Å². The first-order valence-corrected chi connectivity index (χ1v) is 5.16. The zero-order valence-electron chi connectivity index (χ0n) is 8.85.